The van der Waals surface area contributed by atoms with Crippen molar-refractivity contribution in [1.29, 1.82) is 0 Å². The highest BCUT2D eigenvalue weighted by atomic mass is 16.5. The van der Waals surface area contributed by atoms with Crippen LogP contribution in [0.1, 0.15) is 16.1 Å². The first-order chi connectivity index (χ1) is 11.7. The lowest BCUT2D eigenvalue weighted by Gasteiger charge is -2.22. The number of aromatic nitrogens is 2. The van der Waals surface area contributed by atoms with Gasteiger partial charge in [-0.1, -0.05) is 0 Å². The molecule has 0 unspecified atom stereocenters. The van der Waals surface area contributed by atoms with Crippen molar-refractivity contribution in [3.05, 3.63) is 42.1 Å². The number of fused-ring (bicyclic) bond motifs is 1. The molecule has 4 rings (SSSR count). The van der Waals surface area contributed by atoms with Crippen LogP contribution in [-0.4, -0.2) is 64.4 Å². The lowest BCUT2D eigenvalue weighted by atomic mass is 10.1. The first kappa shape index (κ1) is 15.4. The summed E-state index contributed by atoms with van der Waals surface area (Å²) < 4.78 is 12.8. The van der Waals surface area contributed by atoms with E-state index < -0.39 is 0 Å². The Labute approximate surface area is 140 Å². The Kier molecular flexibility index (Phi) is 4.12. The van der Waals surface area contributed by atoms with Crippen molar-refractivity contribution in [1.82, 2.24) is 19.6 Å². The van der Waals surface area contributed by atoms with Crippen molar-refractivity contribution in [3.63, 3.8) is 0 Å². The molecule has 24 heavy (non-hydrogen) atoms. The van der Waals surface area contributed by atoms with Crippen molar-refractivity contribution < 1.29 is 13.9 Å². The van der Waals surface area contributed by atoms with Gasteiger partial charge in [0.25, 0.3) is 5.91 Å². The molecule has 2 saturated heterocycles. The smallest absolute Gasteiger partial charge is 0.272 e. The number of carbonyl (C=O) groups excluding carboxylic acids is 1. The highest BCUT2D eigenvalue weighted by Crippen LogP contribution is 2.25. The molecule has 128 valence electrons. The summed E-state index contributed by atoms with van der Waals surface area (Å²) in [6.07, 6.45) is 5.27. The molecule has 7 nitrogen and oxygen atoms in total. The van der Waals surface area contributed by atoms with Crippen LogP contribution in [0.25, 0.3) is 0 Å². The van der Waals surface area contributed by atoms with Gasteiger partial charge in [0.2, 0.25) is 0 Å². The minimum absolute atomic E-state index is 0.0352. The van der Waals surface area contributed by atoms with E-state index in [0.717, 1.165) is 26.2 Å². The van der Waals surface area contributed by atoms with E-state index in [9.17, 15) is 4.79 Å². The number of likely N-dealkylation sites (tertiary alicyclic amines) is 1. The maximum absolute atomic E-state index is 12.7. The SMILES string of the molecule is Cn1nccc1C(=O)N1C[C@H]2CN(Cc3ccoc3)CCO[C@H]2C1. The van der Waals surface area contributed by atoms with E-state index >= 15 is 0 Å². The summed E-state index contributed by atoms with van der Waals surface area (Å²) in [5.41, 5.74) is 1.80. The van der Waals surface area contributed by atoms with Crippen molar-refractivity contribution in [3.8, 4) is 0 Å². The molecule has 0 radical (unpaired) electrons. The molecule has 0 N–H and O–H groups in total. The molecule has 0 saturated carbocycles. The molecule has 0 aliphatic carbocycles. The molecule has 2 aromatic rings. The van der Waals surface area contributed by atoms with Crippen molar-refractivity contribution in [2.24, 2.45) is 13.0 Å². The molecule has 2 aliphatic rings. The molecule has 0 spiro atoms. The molecule has 2 atom stereocenters. The average molecular weight is 330 g/mol. The third-order valence-electron chi connectivity index (χ3n) is 4.93. The molecule has 2 aromatic heterocycles. The molecule has 7 heteroatoms. The number of furan rings is 1. The number of nitrogens with zero attached hydrogens (tertiary/aromatic N) is 4. The highest BCUT2D eigenvalue weighted by molar-refractivity contribution is 5.92. The Balaban J connectivity index is 1.42. The second-order valence-corrected chi connectivity index (χ2v) is 6.59. The number of amides is 1. The average Bonchev–Trinajstić information content (AvgIpc) is 3.28. The zero-order chi connectivity index (χ0) is 16.5. The fraction of sp³-hybridized carbons (Fsp3) is 0.529. The summed E-state index contributed by atoms with van der Waals surface area (Å²) in [7, 11) is 1.80. The van der Waals surface area contributed by atoms with Crippen LogP contribution < -0.4 is 0 Å². The predicted octanol–water partition coefficient (Wildman–Crippen LogP) is 0.986. The van der Waals surface area contributed by atoms with Gasteiger partial charge in [-0.2, -0.15) is 5.10 Å². The van der Waals surface area contributed by atoms with Gasteiger partial charge in [0.1, 0.15) is 5.69 Å². The molecule has 0 bridgehead atoms. The monoisotopic (exact) mass is 330 g/mol. The van der Waals surface area contributed by atoms with Gasteiger partial charge in [-0.15, -0.1) is 0 Å². The van der Waals surface area contributed by atoms with Crippen LogP contribution in [0.15, 0.2) is 35.3 Å². The van der Waals surface area contributed by atoms with Crippen molar-refractivity contribution in [2.75, 3.05) is 32.8 Å². The van der Waals surface area contributed by atoms with Crippen molar-refractivity contribution >= 4 is 5.91 Å². The summed E-state index contributed by atoms with van der Waals surface area (Å²) in [5, 5.41) is 4.09. The van der Waals surface area contributed by atoms with E-state index in [2.05, 4.69) is 10.00 Å². The van der Waals surface area contributed by atoms with Crippen LogP contribution >= 0.6 is 0 Å². The third-order valence-corrected chi connectivity index (χ3v) is 4.93. The second-order valence-electron chi connectivity index (χ2n) is 6.59. The first-order valence-electron chi connectivity index (χ1n) is 8.33. The molecule has 4 heterocycles. The van der Waals surface area contributed by atoms with Crippen molar-refractivity contribution in [2.45, 2.75) is 12.6 Å². The number of ether oxygens (including phenoxy) is 1. The minimum atomic E-state index is 0.0352. The minimum Gasteiger partial charge on any atom is -0.472 e. The summed E-state index contributed by atoms with van der Waals surface area (Å²) in [4.78, 5) is 17.0. The van der Waals surface area contributed by atoms with Crippen LogP contribution in [0.4, 0.5) is 0 Å². The summed E-state index contributed by atoms with van der Waals surface area (Å²) in [6.45, 7) is 4.80. The lowest BCUT2D eigenvalue weighted by Crippen LogP contribution is -2.34. The van der Waals surface area contributed by atoms with Gasteiger partial charge in [-0.25, -0.2) is 0 Å². The standard InChI is InChI=1S/C17H22N4O3/c1-19-15(2-4-18-19)17(22)21-10-14-9-20(5-7-24-16(14)11-21)8-13-3-6-23-12-13/h2-4,6,12,14,16H,5,7-11H2,1H3/t14-,16+/m1/s1. The number of rotatable bonds is 3. The normalized spacial score (nSPS) is 24.8. The van der Waals surface area contributed by atoms with E-state index in [0.29, 0.717) is 24.8 Å². The topological polar surface area (TPSA) is 63.7 Å². The lowest BCUT2D eigenvalue weighted by molar-refractivity contribution is 0.0481. The van der Waals surface area contributed by atoms with Crippen LogP contribution in [0, 0.1) is 5.92 Å². The third kappa shape index (κ3) is 2.97. The van der Waals surface area contributed by atoms with E-state index in [1.54, 1.807) is 36.5 Å². The molecule has 0 aromatic carbocycles. The summed E-state index contributed by atoms with van der Waals surface area (Å²) in [6, 6.07) is 3.76. The number of carbonyl (C=O) groups is 1. The van der Waals surface area contributed by atoms with E-state index in [-0.39, 0.29) is 12.0 Å². The van der Waals surface area contributed by atoms with Gasteiger partial charge in [-0.3, -0.25) is 14.4 Å². The number of hydrogen-bond acceptors (Lipinski definition) is 5. The Hall–Kier alpha value is -2.12. The Morgan fingerprint density at radius 1 is 1.33 bits per heavy atom. The Morgan fingerprint density at radius 3 is 3.00 bits per heavy atom. The fourth-order valence-corrected chi connectivity index (χ4v) is 3.66. The van der Waals surface area contributed by atoms with Gasteiger partial charge in [0.05, 0.1) is 25.2 Å². The van der Waals surface area contributed by atoms with E-state index in [1.165, 1.54) is 5.56 Å². The van der Waals surface area contributed by atoms with Gasteiger partial charge < -0.3 is 14.1 Å². The summed E-state index contributed by atoms with van der Waals surface area (Å²) >= 11 is 0. The highest BCUT2D eigenvalue weighted by Gasteiger charge is 2.39. The van der Waals surface area contributed by atoms with E-state index in [4.69, 9.17) is 9.15 Å². The van der Waals surface area contributed by atoms with E-state index in [1.807, 2.05) is 11.0 Å². The van der Waals surface area contributed by atoms with Crippen LogP contribution in [-0.2, 0) is 18.3 Å². The quantitative estimate of drug-likeness (QED) is 0.840. The molecule has 2 fully saturated rings. The molecular formula is C17H22N4O3. The molecule has 2 aliphatic heterocycles. The number of hydrogen-bond donors (Lipinski definition) is 0. The Bertz CT molecular complexity index is 697. The first-order valence-corrected chi connectivity index (χ1v) is 8.33. The zero-order valence-electron chi connectivity index (χ0n) is 13.8. The van der Waals surface area contributed by atoms with Crippen LogP contribution in [0.5, 0.6) is 0 Å². The van der Waals surface area contributed by atoms with Crippen LogP contribution in [0.2, 0.25) is 0 Å². The second kappa shape index (κ2) is 6.41. The molecule has 1 amide bonds. The van der Waals surface area contributed by atoms with Gasteiger partial charge in [-0.05, 0) is 12.1 Å². The predicted molar refractivity (Wildman–Crippen MR) is 86.3 cm³/mol. The van der Waals surface area contributed by atoms with Gasteiger partial charge >= 0.3 is 0 Å². The van der Waals surface area contributed by atoms with Crippen LogP contribution in [0.3, 0.4) is 0 Å². The maximum atomic E-state index is 12.7. The summed E-state index contributed by atoms with van der Waals surface area (Å²) in [5.74, 6) is 0.379. The zero-order valence-corrected chi connectivity index (χ0v) is 13.8. The van der Waals surface area contributed by atoms with Gasteiger partial charge in [0, 0.05) is 57.4 Å². The maximum Gasteiger partial charge on any atom is 0.272 e. The Morgan fingerprint density at radius 2 is 2.25 bits per heavy atom. The number of aryl methyl sites for hydroxylation is 1. The fourth-order valence-electron chi connectivity index (χ4n) is 3.66. The van der Waals surface area contributed by atoms with Gasteiger partial charge in [0.15, 0.2) is 0 Å². The largest absolute Gasteiger partial charge is 0.472 e. The molecular weight excluding hydrogens is 308 g/mol.